The van der Waals surface area contributed by atoms with Crippen molar-refractivity contribution in [2.75, 3.05) is 51.0 Å². The van der Waals surface area contributed by atoms with Gasteiger partial charge >= 0.3 is 0 Å². The predicted molar refractivity (Wildman–Crippen MR) is 144 cm³/mol. The molecule has 4 aromatic rings. The van der Waals surface area contributed by atoms with Crippen molar-refractivity contribution in [2.24, 2.45) is 7.05 Å². The van der Waals surface area contributed by atoms with Crippen molar-refractivity contribution in [1.29, 1.82) is 0 Å². The zero-order valence-electron chi connectivity index (χ0n) is 22.3. The van der Waals surface area contributed by atoms with Crippen LogP contribution in [0.3, 0.4) is 0 Å². The van der Waals surface area contributed by atoms with E-state index in [1.165, 1.54) is 0 Å². The Kier molecular flexibility index (Phi) is 7.20. The molecule has 0 spiro atoms. The Balaban J connectivity index is 1.41. The molecule has 0 bridgehead atoms. The molecular weight excluding hydrogens is 486 g/mol. The third kappa shape index (κ3) is 5.02. The Labute approximate surface area is 220 Å². The standard InChI is InChI=1S/C25H33N11O2/c1-6-18(36-11-9-34(3)10-12-36)23(37)30-22-21-16(7-8-26-22)20(31-32-21)19-15(2)13-27-25(29-19)28-17-14-35(4)33-24(17)38-5/h7-8,13-14,18H,6,9-12H2,1-5H3,(H,31,32)(H,26,30,37)(H,27,28,29). The first kappa shape index (κ1) is 25.5. The Bertz CT molecular complexity index is 1440. The number of H-pyrrole nitrogens is 1. The number of carbonyl (C=O) groups excluding carboxylic acids is 1. The van der Waals surface area contributed by atoms with Crippen LogP contribution in [0.15, 0.2) is 24.7 Å². The van der Waals surface area contributed by atoms with E-state index in [0.29, 0.717) is 40.2 Å². The topological polar surface area (TPSA) is 142 Å². The van der Waals surface area contributed by atoms with Crippen molar-refractivity contribution in [3.05, 3.63) is 30.2 Å². The molecule has 13 nitrogen and oxygen atoms in total. The highest BCUT2D eigenvalue weighted by atomic mass is 16.5. The van der Waals surface area contributed by atoms with Gasteiger partial charge in [-0.1, -0.05) is 6.92 Å². The summed E-state index contributed by atoms with van der Waals surface area (Å²) < 4.78 is 6.97. The van der Waals surface area contributed by atoms with Crippen LogP contribution in [0.1, 0.15) is 18.9 Å². The predicted octanol–water partition coefficient (Wildman–Crippen LogP) is 2.17. The van der Waals surface area contributed by atoms with Gasteiger partial charge in [0.25, 0.3) is 5.88 Å². The number of amides is 1. The molecule has 0 aromatic carbocycles. The lowest BCUT2D eigenvalue weighted by Gasteiger charge is -2.36. The second-order valence-electron chi connectivity index (χ2n) is 9.48. The number of anilines is 3. The van der Waals surface area contributed by atoms with Crippen molar-refractivity contribution in [3.63, 3.8) is 0 Å². The summed E-state index contributed by atoms with van der Waals surface area (Å²) >= 11 is 0. The summed E-state index contributed by atoms with van der Waals surface area (Å²) in [4.78, 5) is 31.4. The molecule has 1 amide bonds. The first-order valence-electron chi connectivity index (χ1n) is 12.6. The van der Waals surface area contributed by atoms with E-state index >= 15 is 0 Å². The SMILES string of the molecule is CCC(C(=O)Nc1nccc2c(-c3nc(Nc4cn(C)nc4OC)ncc3C)n[nH]c12)N1CCN(C)CC1. The number of aromatic amines is 1. The number of pyridine rings is 1. The number of nitrogens with one attached hydrogen (secondary N) is 3. The fraction of sp³-hybridized carbons (Fsp3) is 0.440. The highest BCUT2D eigenvalue weighted by Crippen LogP contribution is 2.31. The Hall–Kier alpha value is -4.10. The van der Waals surface area contributed by atoms with Crippen LogP contribution in [0.25, 0.3) is 22.3 Å². The Morgan fingerprint density at radius 1 is 1.18 bits per heavy atom. The van der Waals surface area contributed by atoms with Gasteiger partial charge in [0.2, 0.25) is 11.9 Å². The number of aromatic nitrogens is 7. The van der Waals surface area contributed by atoms with E-state index in [1.54, 1.807) is 30.4 Å². The van der Waals surface area contributed by atoms with Gasteiger partial charge in [0.05, 0.1) is 25.0 Å². The fourth-order valence-corrected chi connectivity index (χ4v) is 4.73. The van der Waals surface area contributed by atoms with Crippen LogP contribution in [0.4, 0.5) is 17.5 Å². The zero-order valence-corrected chi connectivity index (χ0v) is 22.3. The van der Waals surface area contributed by atoms with Crippen LogP contribution in [0, 0.1) is 6.92 Å². The number of nitrogens with zero attached hydrogens (tertiary/aromatic N) is 8. The molecule has 0 aliphatic carbocycles. The highest BCUT2D eigenvalue weighted by Gasteiger charge is 2.28. The molecule has 1 aliphatic rings. The Morgan fingerprint density at radius 2 is 1.97 bits per heavy atom. The molecule has 13 heteroatoms. The van der Waals surface area contributed by atoms with Gasteiger partial charge in [-0.05, 0) is 32.0 Å². The third-order valence-electron chi connectivity index (χ3n) is 6.83. The number of aryl methyl sites for hydroxylation is 2. The monoisotopic (exact) mass is 519 g/mol. The minimum atomic E-state index is -0.217. The van der Waals surface area contributed by atoms with Gasteiger partial charge < -0.3 is 20.3 Å². The van der Waals surface area contributed by atoms with Crippen LogP contribution < -0.4 is 15.4 Å². The van der Waals surface area contributed by atoms with Crippen molar-refractivity contribution >= 4 is 34.3 Å². The number of rotatable bonds is 8. The lowest BCUT2D eigenvalue weighted by Crippen LogP contribution is -2.52. The summed E-state index contributed by atoms with van der Waals surface area (Å²) in [5, 5.41) is 18.9. The number of hydrogen-bond acceptors (Lipinski definition) is 10. The molecule has 3 N–H and O–H groups in total. The number of ether oxygens (including phenoxy) is 1. The van der Waals surface area contributed by atoms with Crippen molar-refractivity contribution in [2.45, 2.75) is 26.3 Å². The molecule has 38 heavy (non-hydrogen) atoms. The van der Waals surface area contributed by atoms with Gasteiger partial charge in [0.1, 0.15) is 16.9 Å². The summed E-state index contributed by atoms with van der Waals surface area (Å²) in [6, 6.07) is 1.64. The van der Waals surface area contributed by atoms with E-state index < -0.39 is 0 Å². The van der Waals surface area contributed by atoms with E-state index in [9.17, 15) is 4.79 Å². The molecule has 1 fully saturated rings. The van der Waals surface area contributed by atoms with Crippen LogP contribution in [-0.4, -0.2) is 97.0 Å². The first-order chi connectivity index (χ1) is 18.4. The summed E-state index contributed by atoms with van der Waals surface area (Å²) in [7, 11) is 5.47. The van der Waals surface area contributed by atoms with Gasteiger partial charge in [-0.15, -0.1) is 5.10 Å². The van der Waals surface area contributed by atoms with Gasteiger partial charge in [-0.25, -0.2) is 15.0 Å². The molecule has 1 unspecified atom stereocenters. The lowest BCUT2D eigenvalue weighted by atomic mass is 10.1. The first-order valence-corrected chi connectivity index (χ1v) is 12.6. The van der Waals surface area contributed by atoms with Gasteiger partial charge in [-0.2, -0.15) is 5.10 Å². The van der Waals surface area contributed by atoms with Crippen molar-refractivity contribution in [3.8, 4) is 17.3 Å². The molecule has 4 aromatic heterocycles. The van der Waals surface area contributed by atoms with Crippen LogP contribution in [0.2, 0.25) is 0 Å². The summed E-state index contributed by atoms with van der Waals surface area (Å²) in [5.74, 6) is 1.21. The minimum Gasteiger partial charge on any atom is -0.478 e. The number of likely N-dealkylation sites (N-methyl/N-ethyl adjacent to an activating group) is 1. The lowest BCUT2D eigenvalue weighted by molar-refractivity contribution is -0.122. The Morgan fingerprint density at radius 3 is 2.71 bits per heavy atom. The van der Waals surface area contributed by atoms with Crippen molar-refractivity contribution in [1.82, 2.24) is 44.7 Å². The second kappa shape index (κ2) is 10.7. The number of fused-ring (bicyclic) bond motifs is 1. The molecule has 1 saturated heterocycles. The van der Waals surface area contributed by atoms with Crippen molar-refractivity contribution < 1.29 is 9.53 Å². The molecule has 5 heterocycles. The molecule has 1 atom stereocenters. The van der Waals surface area contributed by atoms with E-state index in [4.69, 9.17) is 9.72 Å². The summed E-state index contributed by atoms with van der Waals surface area (Å²) in [6.07, 6.45) is 5.92. The fourth-order valence-electron chi connectivity index (χ4n) is 4.73. The molecule has 0 saturated carbocycles. The molecule has 200 valence electrons. The van der Waals surface area contributed by atoms with E-state index in [1.807, 2.05) is 27.0 Å². The average Bonchev–Trinajstić information content (AvgIpc) is 3.50. The third-order valence-corrected chi connectivity index (χ3v) is 6.83. The molecule has 5 rings (SSSR count). The summed E-state index contributed by atoms with van der Waals surface area (Å²) in [6.45, 7) is 7.59. The molecule has 1 aliphatic heterocycles. The smallest absolute Gasteiger partial charge is 0.256 e. The zero-order chi connectivity index (χ0) is 26.8. The molecule has 0 radical (unpaired) electrons. The second-order valence-corrected chi connectivity index (χ2v) is 9.48. The maximum Gasteiger partial charge on any atom is 0.256 e. The minimum absolute atomic E-state index is 0.0664. The van der Waals surface area contributed by atoms with E-state index in [-0.39, 0.29) is 11.9 Å². The van der Waals surface area contributed by atoms with Gasteiger partial charge in [0.15, 0.2) is 5.82 Å². The number of piperazine rings is 1. The van der Waals surface area contributed by atoms with Gasteiger partial charge in [0, 0.05) is 51.0 Å². The normalized spacial score (nSPS) is 15.5. The summed E-state index contributed by atoms with van der Waals surface area (Å²) in [5.41, 5.74) is 3.45. The highest BCUT2D eigenvalue weighted by molar-refractivity contribution is 6.04. The number of carbonyl (C=O) groups is 1. The van der Waals surface area contributed by atoms with E-state index in [2.05, 4.69) is 52.7 Å². The maximum atomic E-state index is 13.3. The number of methoxy groups -OCH3 is 1. The van der Waals surface area contributed by atoms with Crippen LogP contribution in [-0.2, 0) is 11.8 Å². The number of hydrogen-bond donors (Lipinski definition) is 3. The quantitative estimate of drug-likeness (QED) is 0.317. The van der Waals surface area contributed by atoms with Gasteiger partial charge in [-0.3, -0.25) is 19.5 Å². The maximum absolute atomic E-state index is 13.3. The molecular formula is C25H33N11O2. The van der Waals surface area contributed by atoms with Crippen LogP contribution in [0.5, 0.6) is 5.88 Å². The largest absolute Gasteiger partial charge is 0.478 e. The van der Waals surface area contributed by atoms with Crippen LogP contribution >= 0.6 is 0 Å². The average molecular weight is 520 g/mol. The van der Waals surface area contributed by atoms with E-state index in [0.717, 1.165) is 43.5 Å².